The van der Waals surface area contributed by atoms with Crippen molar-refractivity contribution in [1.82, 2.24) is 5.06 Å². The van der Waals surface area contributed by atoms with Crippen LogP contribution in [0.25, 0.3) is 10.8 Å². The summed E-state index contributed by atoms with van der Waals surface area (Å²) in [4.78, 5) is 17.6. The molecule has 0 atom stereocenters. The lowest BCUT2D eigenvalue weighted by molar-refractivity contribution is -0.180. The van der Waals surface area contributed by atoms with Gasteiger partial charge in [0.15, 0.2) is 0 Å². The number of ether oxygens (including phenoxy) is 1. The summed E-state index contributed by atoms with van der Waals surface area (Å²) in [5.74, 6) is 0.218. The van der Waals surface area contributed by atoms with Gasteiger partial charge in [0.2, 0.25) is 0 Å². The lowest BCUT2D eigenvalue weighted by Crippen LogP contribution is -2.32. The lowest BCUT2D eigenvalue weighted by atomic mass is 9.89. The summed E-state index contributed by atoms with van der Waals surface area (Å²) in [5.41, 5.74) is 3.07. The van der Waals surface area contributed by atoms with Gasteiger partial charge < -0.3 is 4.74 Å². The van der Waals surface area contributed by atoms with Crippen LogP contribution in [0.4, 0.5) is 0 Å². The van der Waals surface area contributed by atoms with Gasteiger partial charge in [-0.15, -0.1) is 0 Å². The third-order valence-corrected chi connectivity index (χ3v) is 5.48. The van der Waals surface area contributed by atoms with Crippen molar-refractivity contribution < 1.29 is 14.4 Å². The number of esters is 1. The molecule has 0 radical (unpaired) electrons. The Morgan fingerprint density at radius 2 is 1.68 bits per heavy atom. The number of piperidine rings is 1. The first kappa shape index (κ1) is 18.7. The molecule has 0 amide bonds. The second-order valence-corrected chi connectivity index (χ2v) is 7.27. The summed E-state index contributed by atoms with van der Waals surface area (Å²) in [6.07, 6.45) is 2.10. The fourth-order valence-electron chi connectivity index (χ4n) is 3.82. The lowest BCUT2D eigenvalue weighted by Gasteiger charge is -2.31. The minimum Gasteiger partial charge on any atom is -0.465 e. The SMILES string of the molecule is COC(=O)c1ccc(C2CCN(OCc3ccc4ccccc4c3)CC2)cc1. The Morgan fingerprint density at radius 3 is 2.39 bits per heavy atom. The van der Waals surface area contributed by atoms with Crippen LogP contribution in [0, 0.1) is 0 Å². The Hall–Kier alpha value is -2.69. The molecular weight excluding hydrogens is 350 g/mol. The molecule has 0 saturated carbocycles. The van der Waals surface area contributed by atoms with Gasteiger partial charge in [0.1, 0.15) is 0 Å². The average molecular weight is 375 g/mol. The summed E-state index contributed by atoms with van der Waals surface area (Å²) in [6.45, 7) is 2.43. The smallest absolute Gasteiger partial charge is 0.337 e. The molecule has 4 rings (SSSR count). The average Bonchev–Trinajstić information content (AvgIpc) is 2.77. The molecule has 0 aromatic heterocycles. The van der Waals surface area contributed by atoms with Crippen molar-refractivity contribution >= 4 is 16.7 Å². The van der Waals surface area contributed by atoms with Crippen LogP contribution in [-0.2, 0) is 16.2 Å². The van der Waals surface area contributed by atoms with Gasteiger partial charge in [-0.05, 0) is 58.9 Å². The first-order valence-electron chi connectivity index (χ1n) is 9.77. The zero-order chi connectivity index (χ0) is 19.3. The fraction of sp³-hybridized carbons (Fsp3) is 0.292. The summed E-state index contributed by atoms with van der Waals surface area (Å²) in [6, 6.07) is 22.7. The number of carbonyl (C=O) groups is 1. The van der Waals surface area contributed by atoms with Gasteiger partial charge >= 0.3 is 5.97 Å². The standard InChI is InChI=1S/C24H25NO3/c1-27-24(26)22-10-8-20(9-11-22)21-12-14-25(15-13-21)28-17-18-6-7-19-4-2-3-5-23(19)16-18/h2-11,16,21H,12-15,17H2,1H3. The molecule has 4 heteroatoms. The van der Waals surface area contributed by atoms with Gasteiger partial charge in [-0.25, -0.2) is 4.79 Å². The maximum atomic E-state index is 11.6. The van der Waals surface area contributed by atoms with Crippen molar-refractivity contribution in [2.45, 2.75) is 25.4 Å². The van der Waals surface area contributed by atoms with E-state index in [1.165, 1.54) is 29.0 Å². The Morgan fingerprint density at radius 1 is 0.964 bits per heavy atom. The van der Waals surface area contributed by atoms with Crippen molar-refractivity contribution in [2.75, 3.05) is 20.2 Å². The zero-order valence-electron chi connectivity index (χ0n) is 16.1. The highest BCUT2D eigenvalue weighted by Gasteiger charge is 2.21. The van der Waals surface area contributed by atoms with E-state index in [4.69, 9.17) is 9.57 Å². The first-order chi connectivity index (χ1) is 13.7. The number of carbonyl (C=O) groups excluding carboxylic acids is 1. The van der Waals surface area contributed by atoms with E-state index in [1.54, 1.807) is 0 Å². The number of hydroxylamine groups is 2. The molecule has 1 aliphatic heterocycles. The van der Waals surface area contributed by atoms with E-state index in [2.05, 4.69) is 47.5 Å². The Labute approximate surface area is 165 Å². The highest BCUT2D eigenvalue weighted by atomic mass is 16.7. The van der Waals surface area contributed by atoms with Crippen LogP contribution < -0.4 is 0 Å². The van der Waals surface area contributed by atoms with Gasteiger partial charge in [-0.1, -0.05) is 48.5 Å². The van der Waals surface area contributed by atoms with E-state index in [0.29, 0.717) is 18.1 Å². The molecule has 4 nitrogen and oxygen atoms in total. The molecule has 144 valence electrons. The third-order valence-electron chi connectivity index (χ3n) is 5.48. The molecule has 0 bridgehead atoms. The highest BCUT2D eigenvalue weighted by molar-refractivity contribution is 5.89. The summed E-state index contributed by atoms with van der Waals surface area (Å²) >= 11 is 0. The number of hydrogen-bond acceptors (Lipinski definition) is 4. The molecule has 0 unspecified atom stereocenters. The van der Waals surface area contributed by atoms with Crippen LogP contribution in [0.15, 0.2) is 66.7 Å². The topological polar surface area (TPSA) is 38.8 Å². The first-order valence-corrected chi connectivity index (χ1v) is 9.77. The molecule has 1 saturated heterocycles. The Bertz CT molecular complexity index is 943. The van der Waals surface area contributed by atoms with Gasteiger partial charge in [-0.2, -0.15) is 5.06 Å². The van der Waals surface area contributed by atoms with Crippen LogP contribution in [0.2, 0.25) is 0 Å². The minimum absolute atomic E-state index is 0.288. The highest BCUT2D eigenvalue weighted by Crippen LogP contribution is 2.28. The molecule has 1 fully saturated rings. The van der Waals surface area contributed by atoms with Crippen molar-refractivity contribution in [3.63, 3.8) is 0 Å². The van der Waals surface area contributed by atoms with E-state index in [9.17, 15) is 4.79 Å². The van der Waals surface area contributed by atoms with Crippen LogP contribution >= 0.6 is 0 Å². The molecular formula is C24H25NO3. The van der Waals surface area contributed by atoms with Crippen LogP contribution in [0.3, 0.4) is 0 Å². The van der Waals surface area contributed by atoms with E-state index in [0.717, 1.165) is 25.9 Å². The van der Waals surface area contributed by atoms with Crippen molar-refractivity contribution in [2.24, 2.45) is 0 Å². The maximum Gasteiger partial charge on any atom is 0.337 e. The van der Waals surface area contributed by atoms with Gasteiger partial charge in [-0.3, -0.25) is 4.84 Å². The predicted molar refractivity (Wildman–Crippen MR) is 110 cm³/mol. The number of fused-ring (bicyclic) bond motifs is 1. The molecule has 0 N–H and O–H groups in total. The molecule has 28 heavy (non-hydrogen) atoms. The largest absolute Gasteiger partial charge is 0.465 e. The number of rotatable bonds is 5. The second kappa shape index (κ2) is 8.55. The summed E-state index contributed by atoms with van der Waals surface area (Å²) in [5, 5.41) is 4.58. The van der Waals surface area contributed by atoms with Gasteiger partial charge in [0, 0.05) is 13.1 Å². The Balaban J connectivity index is 1.29. The van der Waals surface area contributed by atoms with Crippen LogP contribution in [0.5, 0.6) is 0 Å². The van der Waals surface area contributed by atoms with Gasteiger partial charge in [0.25, 0.3) is 0 Å². The minimum atomic E-state index is -0.288. The quantitative estimate of drug-likeness (QED) is 0.592. The molecule has 3 aromatic rings. The van der Waals surface area contributed by atoms with Crippen LogP contribution in [-0.4, -0.2) is 31.2 Å². The maximum absolute atomic E-state index is 11.6. The third kappa shape index (κ3) is 4.24. The Kier molecular flexibility index (Phi) is 5.70. The van der Waals surface area contributed by atoms with E-state index in [1.807, 2.05) is 24.3 Å². The number of nitrogens with zero attached hydrogens (tertiary/aromatic N) is 1. The monoisotopic (exact) mass is 375 g/mol. The molecule has 0 spiro atoms. The van der Waals surface area contributed by atoms with E-state index in [-0.39, 0.29) is 5.97 Å². The van der Waals surface area contributed by atoms with E-state index < -0.39 is 0 Å². The number of hydrogen-bond donors (Lipinski definition) is 0. The van der Waals surface area contributed by atoms with Crippen molar-refractivity contribution in [1.29, 1.82) is 0 Å². The zero-order valence-corrected chi connectivity index (χ0v) is 16.1. The summed E-state index contributed by atoms with van der Waals surface area (Å²) in [7, 11) is 1.41. The van der Waals surface area contributed by atoms with Crippen LogP contribution in [0.1, 0.15) is 40.2 Å². The number of benzene rings is 3. The predicted octanol–water partition coefficient (Wildman–Crippen LogP) is 4.94. The van der Waals surface area contributed by atoms with Crippen molar-refractivity contribution in [3.8, 4) is 0 Å². The van der Waals surface area contributed by atoms with Crippen molar-refractivity contribution in [3.05, 3.63) is 83.4 Å². The molecule has 3 aromatic carbocycles. The molecule has 1 aliphatic rings. The molecule has 0 aliphatic carbocycles. The second-order valence-electron chi connectivity index (χ2n) is 7.27. The normalized spacial score (nSPS) is 15.6. The summed E-state index contributed by atoms with van der Waals surface area (Å²) < 4.78 is 4.76. The van der Waals surface area contributed by atoms with Gasteiger partial charge in [0.05, 0.1) is 19.3 Å². The fourth-order valence-corrected chi connectivity index (χ4v) is 3.82. The van der Waals surface area contributed by atoms with E-state index >= 15 is 0 Å². The number of methoxy groups -OCH3 is 1. The molecule has 1 heterocycles.